The molecule has 12 N–H and O–H groups in total. The number of primary amides is 1. The predicted molar refractivity (Wildman–Crippen MR) is 312 cm³/mol. The minimum atomic E-state index is -1.66. The molecule has 0 bridgehead atoms. The van der Waals surface area contributed by atoms with E-state index in [9.17, 15) is 62.6 Å². The molecule has 0 aromatic rings. The molecule has 25 nitrogen and oxygen atoms in total. The molecular formula is C58H102N12O13. The topological polar surface area (TPSA) is 366 Å². The fourth-order valence-electron chi connectivity index (χ4n) is 10.3. The van der Waals surface area contributed by atoms with Gasteiger partial charge in [-0.15, -0.1) is 0 Å². The fourth-order valence-corrected chi connectivity index (χ4v) is 10.3. The van der Waals surface area contributed by atoms with E-state index in [1.807, 2.05) is 48.5 Å². The number of aliphatic hydroxyl groups excluding tert-OH is 1. The molecule has 2 rings (SSSR count). The molecule has 0 spiro atoms. The SMILES string of the molecule is CC[C@H](C)[C@H](NC(=O)[C@H](CC(N)=O)NC(=O)C(C)(C)NC(C)=O)C(=O)N[C@@H](CC(C)C)C(=O)NC(C)(C)C(=O)N1CCC[C@H]1C(=O)N[C@H](C(=O)N[C@@H](CC(C)C)C(=O)NC(C)(C)C(=O)N1CCC[C@H]1C(=O)N[C@H](CO)CC(C)C)[C@@H](C)CC. The molecule has 0 aliphatic carbocycles. The molecule has 2 heterocycles. The van der Waals surface area contributed by atoms with Crippen LogP contribution in [0.5, 0.6) is 0 Å². The molecule has 12 amide bonds. The lowest BCUT2D eigenvalue weighted by Crippen LogP contribution is -2.64. The van der Waals surface area contributed by atoms with Gasteiger partial charge in [0.05, 0.1) is 19.1 Å². The zero-order valence-electron chi connectivity index (χ0n) is 52.5. The van der Waals surface area contributed by atoms with E-state index in [2.05, 4.69) is 47.9 Å². The third-order valence-electron chi connectivity index (χ3n) is 15.2. The second kappa shape index (κ2) is 32.0. The lowest BCUT2D eigenvalue weighted by Gasteiger charge is -2.36. The standard InChI is InChI=1S/C58H102N12O13/c1-18-34(9)44(64-46(74)40(29-43(59)73)63-53(81)56(12,13)66-36(11)72)51(79)61-38(27-32(5)6)47(75)68-58(16,17)55(83)70-25-21-23-42(70)50(78)65-45(35(10)19-2)52(80)62-39(28-33(7)8)48(76)67-57(14,15)54(82)69-24-20-22-41(69)49(77)60-37(30-71)26-31(3)4/h31-35,37-42,44-45,71H,18-30H2,1-17H3,(H2,59,73)(H,60,77)(H,61,79)(H,62,80)(H,63,81)(H,64,74)(H,65,78)(H,66,72)(H,67,76)(H,68,75)/t34-,35-,37-,38-,39-,40-,41-,42-,44-,45-/m0/s1. The van der Waals surface area contributed by atoms with E-state index >= 15 is 0 Å². The summed E-state index contributed by atoms with van der Waals surface area (Å²) in [5.41, 5.74) is 0.771. The van der Waals surface area contributed by atoms with Crippen LogP contribution in [0.2, 0.25) is 0 Å². The molecule has 10 atom stereocenters. The van der Waals surface area contributed by atoms with Crippen molar-refractivity contribution in [3.05, 3.63) is 0 Å². The van der Waals surface area contributed by atoms with Crippen molar-refractivity contribution in [1.82, 2.24) is 57.7 Å². The second-order valence-electron chi connectivity index (χ2n) is 25.7. The summed E-state index contributed by atoms with van der Waals surface area (Å²) in [6.45, 7) is 28.5. The van der Waals surface area contributed by atoms with Crippen LogP contribution in [-0.2, 0) is 57.5 Å². The van der Waals surface area contributed by atoms with Gasteiger partial charge in [0, 0.05) is 20.0 Å². The number of carbonyl (C=O) groups excluding carboxylic acids is 12. The first-order valence-electron chi connectivity index (χ1n) is 29.6. The summed E-state index contributed by atoms with van der Waals surface area (Å²) in [4.78, 5) is 167. The van der Waals surface area contributed by atoms with Crippen molar-refractivity contribution < 1.29 is 62.6 Å². The molecule has 0 aromatic carbocycles. The Morgan fingerprint density at radius 1 is 0.506 bits per heavy atom. The number of aliphatic hydroxyl groups is 1. The molecule has 0 saturated carbocycles. The Balaban J connectivity index is 2.32. The number of nitrogens with zero attached hydrogens (tertiary/aromatic N) is 2. The van der Waals surface area contributed by atoms with E-state index in [0.29, 0.717) is 38.5 Å². The number of rotatable bonds is 32. The Morgan fingerprint density at radius 2 is 0.904 bits per heavy atom. The highest BCUT2D eigenvalue weighted by Crippen LogP contribution is 2.25. The largest absolute Gasteiger partial charge is 0.394 e. The average Bonchev–Trinajstić information content (AvgIpc) is 4.35. The third kappa shape index (κ3) is 21.9. The van der Waals surface area contributed by atoms with Gasteiger partial charge in [-0.05, 0) is 116 Å². The molecule has 25 heteroatoms. The van der Waals surface area contributed by atoms with Gasteiger partial charge in [0.1, 0.15) is 58.9 Å². The summed E-state index contributed by atoms with van der Waals surface area (Å²) in [7, 11) is 0. The number of hydrogen-bond acceptors (Lipinski definition) is 13. The van der Waals surface area contributed by atoms with Crippen LogP contribution >= 0.6 is 0 Å². The number of nitrogens with two attached hydrogens (primary N) is 1. The molecule has 0 unspecified atom stereocenters. The third-order valence-corrected chi connectivity index (χ3v) is 15.2. The summed E-state index contributed by atoms with van der Waals surface area (Å²) in [6.07, 6.45) is 2.57. The van der Waals surface area contributed by atoms with Crippen molar-refractivity contribution in [2.45, 2.75) is 247 Å². The summed E-state index contributed by atoms with van der Waals surface area (Å²) < 4.78 is 0. The maximum Gasteiger partial charge on any atom is 0.248 e. The van der Waals surface area contributed by atoms with Gasteiger partial charge >= 0.3 is 0 Å². The molecule has 0 aromatic heterocycles. The van der Waals surface area contributed by atoms with Crippen molar-refractivity contribution in [3.8, 4) is 0 Å². The maximum absolute atomic E-state index is 14.5. The van der Waals surface area contributed by atoms with Crippen molar-refractivity contribution in [2.75, 3.05) is 19.7 Å². The molecular weight excluding hydrogens is 1070 g/mol. The first kappa shape index (κ1) is 72.7. The van der Waals surface area contributed by atoms with Gasteiger partial charge in [-0.1, -0.05) is 82.1 Å². The van der Waals surface area contributed by atoms with Crippen LogP contribution in [0.15, 0.2) is 0 Å². The Hall–Kier alpha value is -6.40. The van der Waals surface area contributed by atoms with Crippen LogP contribution in [0.1, 0.15) is 182 Å². The summed E-state index contributed by atoms with van der Waals surface area (Å²) in [5.74, 6) is -9.21. The van der Waals surface area contributed by atoms with E-state index in [0.717, 1.165) is 0 Å². The summed E-state index contributed by atoms with van der Waals surface area (Å²) in [6, 6.07) is -8.73. The Morgan fingerprint density at radius 3 is 1.27 bits per heavy atom. The first-order valence-corrected chi connectivity index (χ1v) is 29.6. The minimum Gasteiger partial charge on any atom is -0.394 e. The van der Waals surface area contributed by atoms with Crippen molar-refractivity contribution in [3.63, 3.8) is 0 Å². The van der Waals surface area contributed by atoms with E-state index < -0.39 is 148 Å². The molecule has 2 aliphatic heterocycles. The van der Waals surface area contributed by atoms with Gasteiger partial charge < -0.3 is 68.5 Å². The molecule has 2 fully saturated rings. The van der Waals surface area contributed by atoms with Gasteiger partial charge in [0.2, 0.25) is 70.9 Å². The van der Waals surface area contributed by atoms with Crippen molar-refractivity contribution in [2.24, 2.45) is 35.3 Å². The molecule has 2 saturated heterocycles. The van der Waals surface area contributed by atoms with Crippen molar-refractivity contribution in [1.29, 1.82) is 0 Å². The van der Waals surface area contributed by atoms with Crippen LogP contribution in [0.3, 0.4) is 0 Å². The fraction of sp³-hybridized carbons (Fsp3) is 0.793. The lowest BCUT2D eigenvalue weighted by atomic mass is 9.95. The number of carbonyl (C=O) groups is 12. The predicted octanol–water partition coefficient (Wildman–Crippen LogP) is 0.680. The monoisotopic (exact) mass is 1170 g/mol. The number of likely N-dealkylation sites (tertiary alicyclic amines) is 2. The van der Waals surface area contributed by atoms with Crippen LogP contribution in [0.4, 0.5) is 0 Å². The van der Waals surface area contributed by atoms with E-state index in [-0.39, 0.29) is 62.6 Å². The highest BCUT2D eigenvalue weighted by atomic mass is 16.3. The van der Waals surface area contributed by atoms with E-state index in [1.54, 1.807) is 20.8 Å². The zero-order valence-corrected chi connectivity index (χ0v) is 52.5. The molecule has 2 aliphatic rings. The van der Waals surface area contributed by atoms with Gasteiger partial charge in [-0.25, -0.2) is 0 Å². The molecule has 0 radical (unpaired) electrons. The lowest BCUT2D eigenvalue weighted by molar-refractivity contribution is -0.146. The highest BCUT2D eigenvalue weighted by molar-refractivity contribution is 6.01. The Labute approximate surface area is 491 Å². The number of nitrogens with one attached hydrogen (secondary N) is 9. The molecule has 472 valence electrons. The van der Waals surface area contributed by atoms with Crippen LogP contribution in [0, 0.1) is 29.6 Å². The van der Waals surface area contributed by atoms with Crippen LogP contribution < -0.4 is 53.6 Å². The van der Waals surface area contributed by atoms with Crippen LogP contribution in [-0.4, -0.2) is 170 Å². The number of hydrogen-bond donors (Lipinski definition) is 11. The molecule has 83 heavy (non-hydrogen) atoms. The second-order valence-corrected chi connectivity index (χ2v) is 25.7. The highest BCUT2D eigenvalue weighted by Gasteiger charge is 2.46. The summed E-state index contributed by atoms with van der Waals surface area (Å²) >= 11 is 0. The smallest absolute Gasteiger partial charge is 0.248 e. The van der Waals surface area contributed by atoms with Gasteiger partial charge in [-0.2, -0.15) is 0 Å². The Bertz CT molecular complexity index is 2320. The average molecular weight is 1180 g/mol. The van der Waals surface area contributed by atoms with E-state index in [1.165, 1.54) is 58.3 Å². The zero-order chi connectivity index (χ0) is 63.6. The van der Waals surface area contributed by atoms with Crippen molar-refractivity contribution >= 4 is 70.9 Å². The van der Waals surface area contributed by atoms with Gasteiger partial charge in [0.15, 0.2) is 0 Å². The van der Waals surface area contributed by atoms with Crippen LogP contribution in [0.25, 0.3) is 0 Å². The minimum absolute atomic E-state index is 0.0932. The Kier molecular flexibility index (Phi) is 28.1. The van der Waals surface area contributed by atoms with E-state index in [4.69, 9.17) is 5.73 Å². The quantitative estimate of drug-likeness (QED) is 0.0442. The number of amides is 12. The summed E-state index contributed by atoms with van der Waals surface area (Å²) in [5, 5.41) is 34.3. The first-order chi connectivity index (χ1) is 38.3. The van der Waals surface area contributed by atoms with Gasteiger partial charge in [0.25, 0.3) is 0 Å². The normalized spacial score (nSPS) is 18.6. The maximum atomic E-state index is 14.5. The van der Waals surface area contributed by atoms with Gasteiger partial charge in [-0.3, -0.25) is 57.5 Å².